The third kappa shape index (κ3) is 3.80. The standard InChI is InChI=1S/C17H23N5O2/c1-13-10-15(20-19-13)12-21(2)17(23)16(14-4-3-5-18-11-14)22-6-8-24-9-7-22/h3-5,10-11,16H,6-9,12H2,1-2H3,(H,19,20)/t16-/m0/s1. The van der Waals surface area contributed by atoms with E-state index in [-0.39, 0.29) is 11.9 Å². The number of aromatic amines is 1. The average Bonchev–Trinajstić information content (AvgIpc) is 3.02. The first kappa shape index (κ1) is 16.6. The number of ether oxygens (including phenoxy) is 1. The molecule has 1 aliphatic heterocycles. The van der Waals surface area contributed by atoms with E-state index >= 15 is 0 Å². The number of morpholine rings is 1. The topological polar surface area (TPSA) is 74.3 Å². The van der Waals surface area contributed by atoms with Gasteiger partial charge in [-0.1, -0.05) is 6.07 Å². The highest BCUT2D eigenvalue weighted by atomic mass is 16.5. The summed E-state index contributed by atoms with van der Waals surface area (Å²) in [5, 5.41) is 7.13. The number of H-pyrrole nitrogens is 1. The van der Waals surface area contributed by atoms with E-state index < -0.39 is 0 Å². The molecule has 7 heteroatoms. The minimum Gasteiger partial charge on any atom is -0.379 e. The summed E-state index contributed by atoms with van der Waals surface area (Å²) in [6.45, 7) is 5.19. The van der Waals surface area contributed by atoms with Crippen LogP contribution in [-0.4, -0.2) is 64.2 Å². The normalized spacial score (nSPS) is 16.8. The van der Waals surface area contributed by atoms with Gasteiger partial charge in [0.05, 0.1) is 25.5 Å². The Morgan fingerprint density at radius 1 is 1.46 bits per heavy atom. The second-order valence-corrected chi connectivity index (χ2v) is 6.07. The molecule has 0 radical (unpaired) electrons. The molecule has 0 spiro atoms. The van der Waals surface area contributed by atoms with Crippen molar-refractivity contribution in [1.29, 1.82) is 0 Å². The van der Waals surface area contributed by atoms with Gasteiger partial charge in [-0.25, -0.2) is 0 Å². The largest absolute Gasteiger partial charge is 0.379 e. The van der Waals surface area contributed by atoms with Crippen LogP contribution in [-0.2, 0) is 16.1 Å². The van der Waals surface area contributed by atoms with E-state index in [4.69, 9.17) is 4.74 Å². The number of hydrogen-bond donors (Lipinski definition) is 1. The highest BCUT2D eigenvalue weighted by Gasteiger charge is 2.31. The van der Waals surface area contributed by atoms with Crippen molar-refractivity contribution in [2.45, 2.75) is 19.5 Å². The number of aryl methyl sites for hydroxylation is 1. The van der Waals surface area contributed by atoms with Gasteiger partial charge in [-0.15, -0.1) is 0 Å². The van der Waals surface area contributed by atoms with Crippen molar-refractivity contribution in [3.63, 3.8) is 0 Å². The molecule has 3 heterocycles. The van der Waals surface area contributed by atoms with Gasteiger partial charge in [0.2, 0.25) is 5.91 Å². The molecule has 0 bridgehead atoms. The van der Waals surface area contributed by atoms with Crippen molar-refractivity contribution in [3.05, 3.63) is 47.5 Å². The Hall–Kier alpha value is -2.25. The van der Waals surface area contributed by atoms with Crippen LogP contribution in [0, 0.1) is 6.92 Å². The van der Waals surface area contributed by atoms with Crippen LogP contribution in [0.4, 0.5) is 0 Å². The number of hydrogen-bond acceptors (Lipinski definition) is 5. The molecular formula is C17H23N5O2. The van der Waals surface area contributed by atoms with Gasteiger partial charge in [0.15, 0.2) is 0 Å². The first-order valence-corrected chi connectivity index (χ1v) is 8.13. The molecule has 1 aliphatic rings. The molecule has 0 aliphatic carbocycles. The minimum absolute atomic E-state index is 0.0468. The Bertz CT molecular complexity index is 667. The maximum Gasteiger partial charge on any atom is 0.244 e. The van der Waals surface area contributed by atoms with Gasteiger partial charge in [-0.2, -0.15) is 5.10 Å². The third-order valence-electron chi connectivity index (χ3n) is 4.18. The van der Waals surface area contributed by atoms with E-state index in [0.717, 1.165) is 30.0 Å². The zero-order chi connectivity index (χ0) is 16.9. The molecule has 2 aromatic rings. The molecule has 128 valence electrons. The Balaban J connectivity index is 1.79. The van der Waals surface area contributed by atoms with Crippen molar-refractivity contribution in [1.82, 2.24) is 25.0 Å². The predicted molar refractivity (Wildman–Crippen MR) is 89.2 cm³/mol. The summed E-state index contributed by atoms with van der Waals surface area (Å²) in [4.78, 5) is 21.2. The van der Waals surface area contributed by atoms with E-state index in [1.54, 1.807) is 17.3 Å². The van der Waals surface area contributed by atoms with E-state index in [9.17, 15) is 4.79 Å². The molecule has 3 rings (SSSR count). The molecule has 1 fully saturated rings. The van der Waals surface area contributed by atoms with E-state index in [2.05, 4.69) is 20.1 Å². The summed E-state index contributed by atoms with van der Waals surface area (Å²) < 4.78 is 5.43. The van der Waals surface area contributed by atoms with Gasteiger partial charge in [-0.05, 0) is 24.6 Å². The molecule has 1 atom stereocenters. The average molecular weight is 329 g/mol. The van der Waals surface area contributed by atoms with Crippen LogP contribution in [0.25, 0.3) is 0 Å². The lowest BCUT2D eigenvalue weighted by Crippen LogP contribution is -2.46. The minimum atomic E-state index is -0.340. The van der Waals surface area contributed by atoms with E-state index in [0.29, 0.717) is 19.8 Å². The fourth-order valence-corrected chi connectivity index (χ4v) is 2.97. The Kier molecular flexibility index (Phi) is 5.22. The number of rotatable bonds is 5. The second kappa shape index (κ2) is 7.55. The zero-order valence-corrected chi connectivity index (χ0v) is 14.1. The lowest BCUT2D eigenvalue weighted by atomic mass is 10.1. The number of carbonyl (C=O) groups is 1. The third-order valence-corrected chi connectivity index (χ3v) is 4.18. The van der Waals surface area contributed by atoms with Crippen LogP contribution in [0.1, 0.15) is 23.0 Å². The molecule has 24 heavy (non-hydrogen) atoms. The Labute approximate surface area is 141 Å². The monoisotopic (exact) mass is 329 g/mol. The predicted octanol–water partition coefficient (Wildman–Crippen LogP) is 1.15. The van der Waals surface area contributed by atoms with Crippen LogP contribution in [0.2, 0.25) is 0 Å². The van der Waals surface area contributed by atoms with E-state index in [1.807, 2.05) is 32.2 Å². The lowest BCUT2D eigenvalue weighted by Gasteiger charge is -2.35. The zero-order valence-electron chi connectivity index (χ0n) is 14.1. The van der Waals surface area contributed by atoms with Gasteiger partial charge in [-0.3, -0.25) is 19.8 Å². The molecule has 1 amide bonds. The number of aromatic nitrogens is 3. The van der Waals surface area contributed by atoms with Crippen LogP contribution in [0.15, 0.2) is 30.6 Å². The second-order valence-electron chi connectivity index (χ2n) is 6.07. The highest BCUT2D eigenvalue weighted by molar-refractivity contribution is 5.83. The Morgan fingerprint density at radius 2 is 2.25 bits per heavy atom. The van der Waals surface area contributed by atoms with E-state index in [1.165, 1.54) is 0 Å². The summed E-state index contributed by atoms with van der Waals surface area (Å²) >= 11 is 0. The highest BCUT2D eigenvalue weighted by Crippen LogP contribution is 2.24. The SMILES string of the molecule is Cc1cc(CN(C)C(=O)[C@H](c2cccnc2)N2CCOCC2)n[nH]1. The summed E-state index contributed by atoms with van der Waals surface area (Å²) in [5.74, 6) is 0.0468. The molecule has 1 saturated heterocycles. The molecule has 0 aromatic carbocycles. The molecular weight excluding hydrogens is 306 g/mol. The van der Waals surface area contributed by atoms with Gasteiger partial charge in [0, 0.05) is 38.2 Å². The lowest BCUT2D eigenvalue weighted by molar-refractivity contribution is -0.138. The smallest absolute Gasteiger partial charge is 0.244 e. The van der Waals surface area contributed by atoms with Crippen molar-refractivity contribution in [2.24, 2.45) is 0 Å². The van der Waals surface area contributed by atoms with Crippen molar-refractivity contribution in [3.8, 4) is 0 Å². The molecule has 1 N–H and O–H groups in total. The number of amides is 1. The fourth-order valence-electron chi connectivity index (χ4n) is 2.97. The first-order chi connectivity index (χ1) is 11.6. The van der Waals surface area contributed by atoms with Gasteiger partial charge in [0.1, 0.15) is 6.04 Å². The number of nitrogens with zero attached hydrogens (tertiary/aromatic N) is 4. The van der Waals surface area contributed by atoms with Crippen LogP contribution < -0.4 is 0 Å². The summed E-state index contributed by atoms with van der Waals surface area (Å²) in [5.41, 5.74) is 2.76. The van der Waals surface area contributed by atoms with Crippen molar-refractivity contribution >= 4 is 5.91 Å². The van der Waals surface area contributed by atoms with Gasteiger partial charge < -0.3 is 9.64 Å². The Morgan fingerprint density at radius 3 is 2.88 bits per heavy atom. The number of likely N-dealkylation sites (N-methyl/N-ethyl adjacent to an activating group) is 1. The van der Waals surface area contributed by atoms with Crippen LogP contribution in [0.5, 0.6) is 0 Å². The molecule has 7 nitrogen and oxygen atoms in total. The summed E-state index contributed by atoms with van der Waals surface area (Å²) in [6.07, 6.45) is 3.49. The number of carbonyl (C=O) groups excluding carboxylic acids is 1. The fraction of sp³-hybridized carbons (Fsp3) is 0.471. The molecule has 2 aromatic heterocycles. The first-order valence-electron chi connectivity index (χ1n) is 8.13. The number of nitrogens with one attached hydrogen (secondary N) is 1. The van der Waals surface area contributed by atoms with Crippen LogP contribution in [0.3, 0.4) is 0 Å². The van der Waals surface area contributed by atoms with Crippen LogP contribution >= 0.6 is 0 Å². The quantitative estimate of drug-likeness (QED) is 0.890. The van der Waals surface area contributed by atoms with Crippen molar-refractivity contribution in [2.75, 3.05) is 33.4 Å². The maximum absolute atomic E-state index is 13.1. The number of pyridine rings is 1. The van der Waals surface area contributed by atoms with Crippen molar-refractivity contribution < 1.29 is 9.53 Å². The summed E-state index contributed by atoms with van der Waals surface area (Å²) in [7, 11) is 1.82. The molecule has 0 unspecified atom stereocenters. The molecule has 0 saturated carbocycles. The van der Waals surface area contributed by atoms with Gasteiger partial charge in [0.25, 0.3) is 0 Å². The summed E-state index contributed by atoms with van der Waals surface area (Å²) in [6, 6.07) is 5.44. The van der Waals surface area contributed by atoms with Gasteiger partial charge >= 0.3 is 0 Å². The maximum atomic E-state index is 13.1.